The first-order chi connectivity index (χ1) is 6.18. The molecule has 0 saturated carbocycles. The Bertz CT molecular complexity index is 407. The largest absolute Gasteiger partial charge is 0.278 e. The van der Waals surface area contributed by atoms with E-state index in [-0.39, 0.29) is 0 Å². The summed E-state index contributed by atoms with van der Waals surface area (Å²) in [4.78, 5) is 0. The van der Waals surface area contributed by atoms with Crippen LogP contribution in [0.25, 0.3) is 5.70 Å². The summed E-state index contributed by atoms with van der Waals surface area (Å²) in [6.45, 7) is 5.81. The second kappa shape index (κ2) is 2.77. The van der Waals surface area contributed by atoms with Crippen LogP contribution < -0.4 is 10.9 Å². The van der Waals surface area contributed by atoms with Gasteiger partial charge in [-0.05, 0) is 6.92 Å². The summed E-state index contributed by atoms with van der Waals surface area (Å²) in [5, 5.41) is 4.11. The van der Waals surface area contributed by atoms with Crippen LogP contribution in [0.3, 0.4) is 0 Å². The lowest BCUT2D eigenvalue weighted by Gasteiger charge is -2.17. The van der Waals surface area contributed by atoms with Gasteiger partial charge in [-0.1, -0.05) is 30.2 Å². The molecule has 1 heterocycles. The molecule has 1 N–H and O–H groups in total. The van der Waals surface area contributed by atoms with E-state index in [1.165, 1.54) is 0 Å². The molecule has 0 atom stereocenters. The van der Waals surface area contributed by atoms with Crippen LogP contribution in [0.15, 0.2) is 29.9 Å². The van der Waals surface area contributed by atoms with Crippen molar-refractivity contribution in [1.29, 1.82) is 0 Å². The molecule has 0 aromatic heterocycles. The van der Waals surface area contributed by atoms with Crippen molar-refractivity contribution >= 4 is 24.7 Å². The van der Waals surface area contributed by atoms with Crippen LogP contribution in [-0.2, 0) is 0 Å². The monoisotopic (exact) mass is 168 g/mol. The first-order valence-corrected chi connectivity index (χ1v) is 4.08. The van der Waals surface area contributed by atoms with E-state index in [0.29, 0.717) is 0 Å². The Morgan fingerprint density at radius 2 is 2.15 bits per heavy atom. The van der Waals surface area contributed by atoms with Gasteiger partial charge in [-0.25, -0.2) is 0 Å². The lowest BCUT2D eigenvalue weighted by molar-refractivity contribution is 0.976. The third-order valence-corrected chi connectivity index (χ3v) is 2.12. The van der Waals surface area contributed by atoms with Gasteiger partial charge in [0.15, 0.2) is 0 Å². The average Bonchev–Trinajstić information content (AvgIpc) is 2.12. The molecule has 2 rings (SSSR count). The fraction of sp³-hybridized carbons (Fsp3) is 0.100. The Kier molecular flexibility index (Phi) is 1.73. The van der Waals surface area contributed by atoms with Gasteiger partial charge in [0.05, 0.1) is 11.4 Å². The lowest BCUT2D eigenvalue weighted by atomic mass is 9.89. The van der Waals surface area contributed by atoms with Crippen LogP contribution in [0.2, 0.25) is 0 Å². The quantitative estimate of drug-likeness (QED) is 0.568. The van der Waals surface area contributed by atoms with Crippen molar-refractivity contribution in [2.45, 2.75) is 6.92 Å². The van der Waals surface area contributed by atoms with E-state index in [1.807, 2.05) is 25.1 Å². The number of nitrogens with one attached hydrogen (secondary N) is 1. The Labute approximate surface area is 78.8 Å². The second-order valence-electron chi connectivity index (χ2n) is 3.09. The van der Waals surface area contributed by atoms with Gasteiger partial charge in [-0.15, -0.1) is 0 Å². The summed E-state index contributed by atoms with van der Waals surface area (Å²) in [5.74, 6) is 0. The van der Waals surface area contributed by atoms with Crippen molar-refractivity contribution < 1.29 is 0 Å². The zero-order valence-corrected chi connectivity index (χ0v) is 7.46. The fourth-order valence-electron chi connectivity index (χ4n) is 1.40. The maximum absolute atomic E-state index is 5.68. The predicted molar refractivity (Wildman–Crippen MR) is 56.2 cm³/mol. The highest BCUT2D eigenvalue weighted by atomic mass is 15.3. The van der Waals surface area contributed by atoms with E-state index < -0.39 is 0 Å². The Morgan fingerprint density at radius 3 is 2.92 bits per heavy atom. The summed E-state index contributed by atoms with van der Waals surface area (Å²) >= 11 is 0. The minimum absolute atomic E-state index is 0.747. The van der Waals surface area contributed by atoms with Crippen LogP contribution in [0.5, 0.6) is 0 Å². The van der Waals surface area contributed by atoms with Crippen molar-refractivity contribution in [3.05, 3.63) is 35.9 Å². The van der Waals surface area contributed by atoms with Gasteiger partial charge >= 0.3 is 0 Å². The van der Waals surface area contributed by atoms with E-state index in [2.05, 4.69) is 17.1 Å². The molecular weight excluding hydrogens is 159 g/mol. The topological polar surface area (TPSA) is 24.4 Å². The van der Waals surface area contributed by atoms with Crippen LogP contribution in [0.1, 0.15) is 18.1 Å². The molecular formula is C10H9BN2. The number of nitrogens with zero attached hydrogens (tertiary/aromatic N) is 1. The van der Waals surface area contributed by atoms with E-state index in [1.54, 1.807) is 0 Å². The maximum atomic E-state index is 5.68. The number of hydrogen-bond acceptors (Lipinski definition) is 2. The molecule has 0 aliphatic carbocycles. The molecule has 62 valence electrons. The molecule has 0 spiro atoms. The van der Waals surface area contributed by atoms with E-state index in [4.69, 9.17) is 7.85 Å². The zero-order chi connectivity index (χ0) is 9.42. The fourth-order valence-corrected chi connectivity index (χ4v) is 1.40. The highest BCUT2D eigenvalue weighted by Crippen LogP contribution is 2.18. The van der Waals surface area contributed by atoms with Crippen molar-refractivity contribution in [2.75, 3.05) is 0 Å². The smallest absolute Gasteiger partial charge is 0.113 e. The number of hydrazone groups is 1. The van der Waals surface area contributed by atoms with Gasteiger partial charge in [0.25, 0.3) is 0 Å². The SMILES string of the molecule is [B]c1ccc2c(c1)C(=C)NN=C2C. The molecule has 0 unspecified atom stereocenters. The Hall–Kier alpha value is -1.51. The summed E-state index contributed by atoms with van der Waals surface area (Å²) in [6, 6.07) is 5.74. The molecule has 13 heavy (non-hydrogen) atoms. The standard InChI is InChI=1S/C10H9BN2/c1-6-9-4-3-8(11)5-10(9)7(2)13-12-6/h3-5,13H,2H2,1H3. The van der Waals surface area contributed by atoms with Crippen molar-refractivity contribution in [2.24, 2.45) is 5.10 Å². The normalized spacial score (nSPS) is 14.5. The summed E-state index contributed by atoms with van der Waals surface area (Å²) < 4.78 is 0. The second-order valence-corrected chi connectivity index (χ2v) is 3.09. The molecule has 0 amide bonds. The molecule has 1 aliphatic heterocycles. The molecule has 2 nitrogen and oxygen atoms in total. The number of benzene rings is 1. The van der Waals surface area contributed by atoms with Crippen LogP contribution in [0.4, 0.5) is 0 Å². The highest BCUT2D eigenvalue weighted by Gasteiger charge is 2.12. The third kappa shape index (κ3) is 1.26. The predicted octanol–water partition coefficient (Wildman–Crippen LogP) is 0.778. The molecule has 0 saturated heterocycles. The van der Waals surface area contributed by atoms with Crippen molar-refractivity contribution in [1.82, 2.24) is 5.43 Å². The maximum Gasteiger partial charge on any atom is 0.113 e. The van der Waals surface area contributed by atoms with Gasteiger partial charge in [-0.2, -0.15) is 5.10 Å². The van der Waals surface area contributed by atoms with Crippen molar-refractivity contribution in [3.8, 4) is 0 Å². The van der Waals surface area contributed by atoms with Crippen LogP contribution >= 0.6 is 0 Å². The molecule has 2 radical (unpaired) electrons. The molecule has 0 fully saturated rings. The zero-order valence-electron chi connectivity index (χ0n) is 7.46. The van der Waals surface area contributed by atoms with Gasteiger partial charge in [-0.3, -0.25) is 5.43 Å². The molecule has 1 aliphatic rings. The van der Waals surface area contributed by atoms with E-state index in [9.17, 15) is 0 Å². The number of hydrogen-bond donors (Lipinski definition) is 1. The summed E-state index contributed by atoms with van der Waals surface area (Å²) in [6.07, 6.45) is 0. The number of rotatable bonds is 0. The third-order valence-electron chi connectivity index (χ3n) is 2.12. The van der Waals surface area contributed by atoms with E-state index in [0.717, 1.165) is 28.0 Å². The molecule has 0 bridgehead atoms. The Morgan fingerprint density at radius 1 is 1.38 bits per heavy atom. The van der Waals surface area contributed by atoms with Gasteiger partial charge in [0, 0.05) is 11.1 Å². The summed E-state index contributed by atoms with van der Waals surface area (Å²) in [7, 11) is 5.68. The molecule has 1 aromatic rings. The van der Waals surface area contributed by atoms with Gasteiger partial charge in [0.1, 0.15) is 7.85 Å². The molecule has 3 heteroatoms. The minimum Gasteiger partial charge on any atom is -0.278 e. The lowest BCUT2D eigenvalue weighted by Crippen LogP contribution is -2.19. The number of fused-ring (bicyclic) bond motifs is 1. The molecule has 1 aromatic carbocycles. The van der Waals surface area contributed by atoms with Crippen molar-refractivity contribution in [3.63, 3.8) is 0 Å². The minimum atomic E-state index is 0.747. The Balaban J connectivity index is 2.66. The van der Waals surface area contributed by atoms with Gasteiger partial charge in [0.2, 0.25) is 0 Å². The van der Waals surface area contributed by atoms with Gasteiger partial charge < -0.3 is 0 Å². The van der Waals surface area contributed by atoms with Crippen LogP contribution in [-0.4, -0.2) is 13.6 Å². The first-order valence-electron chi connectivity index (χ1n) is 4.08. The summed E-state index contributed by atoms with van der Waals surface area (Å²) in [5.41, 5.74) is 7.49. The highest BCUT2D eigenvalue weighted by molar-refractivity contribution is 6.32. The van der Waals surface area contributed by atoms with E-state index >= 15 is 0 Å². The van der Waals surface area contributed by atoms with Crippen LogP contribution in [0, 0.1) is 0 Å². The first kappa shape index (κ1) is 8.11. The average molecular weight is 168 g/mol.